The van der Waals surface area contributed by atoms with E-state index in [9.17, 15) is 19.7 Å². The number of rotatable bonds is 10. The molecule has 1 aliphatic heterocycles. The number of nitro benzene ring substituents is 1. The van der Waals surface area contributed by atoms with Gasteiger partial charge >= 0.3 is 0 Å². The van der Waals surface area contributed by atoms with Crippen molar-refractivity contribution in [3.05, 3.63) is 118 Å². The largest absolute Gasteiger partial charge is 0.496 e. The lowest BCUT2D eigenvalue weighted by molar-refractivity contribution is -0.384. The van der Waals surface area contributed by atoms with E-state index in [1.54, 1.807) is 31.2 Å². The molecule has 5 rings (SSSR count). The van der Waals surface area contributed by atoms with Gasteiger partial charge in [0.2, 0.25) is 5.91 Å². The number of nitro groups is 1. The van der Waals surface area contributed by atoms with E-state index >= 15 is 0 Å². The minimum Gasteiger partial charge on any atom is -0.496 e. The Morgan fingerprint density at radius 3 is 2.40 bits per heavy atom. The maximum Gasteiger partial charge on any atom is 0.269 e. The van der Waals surface area contributed by atoms with E-state index in [2.05, 4.69) is 23.1 Å². The topological polar surface area (TPSA) is 93.0 Å². The average Bonchev–Trinajstić information content (AvgIpc) is 3.02. The highest BCUT2D eigenvalue weighted by atomic mass is 16.6. The maximum absolute atomic E-state index is 13.9. The van der Waals surface area contributed by atoms with Crippen molar-refractivity contribution in [2.75, 3.05) is 14.2 Å². The number of nitrogens with zero attached hydrogens (tertiary/aromatic N) is 3. The van der Waals surface area contributed by atoms with Gasteiger partial charge in [0.05, 0.1) is 24.0 Å². The number of hydrogen-bond acceptors (Lipinski definition) is 6. The third-order valence-electron chi connectivity index (χ3n) is 8.36. The first-order valence-corrected chi connectivity index (χ1v) is 14.2. The molecule has 4 aromatic carbocycles. The molecule has 0 spiro atoms. The normalized spacial score (nSPS) is 18.9. The van der Waals surface area contributed by atoms with Crippen molar-refractivity contribution in [3.63, 3.8) is 0 Å². The first-order chi connectivity index (χ1) is 20.4. The van der Waals surface area contributed by atoms with Gasteiger partial charge in [0.25, 0.3) is 5.69 Å². The summed E-state index contributed by atoms with van der Waals surface area (Å²) in [5.41, 5.74) is 2.94. The predicted molar refractivity (Wildman–Crippen MR) is 162 cm³/mol. The number of fused-ring (bicyclic) bond motifs is 1. The van der Waals surface area contributed by atoms with Crippen LogP contribution in [0.15, 0.2) is 91.0 Å². The van der Waals surface area contributed by atoms with Gasteiger partial charge in [0.1, 0.15) is 12.0 Å². The lowest BCUT2D eigenvalue weighted by atomic mass is 9.82. The summed E-state index contributed by atoms with van der Waals surface area (Å²) in [5, 5.41) is 13.4. The number of piperidine rings is 1. The number of amides is 1. The van der Waals surface area contributed by atoms with E-state index < -0.39 is 16.9 Å². The molecule has 0 N–H and O–H groups in total. The molecule has 0 saturated carbocycles. The Kier molecular flexibility index (Phi) is 8.93. The Bertz CT molecular complexity index is 1570. The molecule has 1 heterocycles. The molecule has 0 aliphatic carbocycles. The van der Waals surface area contributed by atoms with Gasteiger partial charge in [0.15, 0.2) is 0 Å². The highest BCUT2D eigenvalue weighted by Crippen LogP contribution is 2.34. The lowest BCUT2D eigenvalue weighted by Gasteiger charge is -2.44. The lowest BCUT2D eigenvalue weighted by Crippen LogP contribution is -2.56. The molecular weight excluding hydrogens is 530 g/mol. The molecule has 1 amide bonds. The van der Waals surface area contributed by atoms with Crippen LogP contribution >= 0.6 is 0 Å². The first kappa shape index (κ1) is 29.0. The number of likely N-dealkylation sites (tertiary alicyclic amines) is 1. The number of aldehydes is 1. The van der Waals surface area contributed by atoms with Crippen LogP contribution in [0.25, 0.3) is 10.8 Å². The van der Waals surface area contributed by atoms with Gasteiger partial charge in [-0.05, 0) is 52.8 Å². The minimum absolute atomic E-state index is 0.0121. The van der Waals surface area contributed by atoms with Crippen LogP contribution < -0.4 is 4.74 Å². The van der Waals surface area contributed by atoms with Gasteiger partial charge in [-0.3, -0.25) is 19.8 Å². The van der Waals surface area contributed by atoms with Crippen LogP contribution in [0.1, 0.15) is 29.5 Å². The summed E-state index contributed by atoms with van der Waals surface area (Å²) in [6.07, 6.45) is 2.84. The van der Waals surface area contributed by atoms with Crippen LogP contribution in [0.2, 0.25) is 0 Å². The van der Waals surface area contributed by atoms with Crippen LogP contribution in [0.5, 0.6) is 5.75 Å². The standard InChI is InChI=1S/C34H35N3O5/c1-35(22-27-11-7-10-25-8-3-5-12-30(25)27)34(39)31-19-18-29(20-26-9-4-6-13-33(26)42-2)36(32(31)23-38)21-24-14-16-28(17-15-24)37(40)41/h3-17,23,29,31-32H,18-22H2,1-2H3. The molecule has 8 nitrogen and oxygen atoms in total. The van der Waals surface area contributed by atoms with E-state index in [0.29, 0.717) is 32.4 Å². The van der Waals surface area contributed by atoms with E-state index in [4.69, 9.17) is 4.74 Å². The third-order valence-corrected chi connectivity index (χ3v) is 8.36. The molecule has 0 aromatic heterocycles. The second kappa shape index (κ2) is 13.0. The van der Waals surface area contributed by atoms with Crippen molar-refractivity contribution < 1.29 is 19.2 Å². The van der Waals surface area contributed by atoms with Crippen LogP contribution in [0.3, 0.4) is 0 Å². The number of ether oxygens (including phenoxy) is 1. The van der Waals surface area contributed by atoms with Crippen molar-refractivity contribution in [1.82, 2.24) is 9.80 Å². The molecule has 8 heteroatoms. The number of carbonyl (C=O) groups is 2. The number of para-hydroxylation sites is 1. The van der Waals surface area contributed by atoms with Crippen LogP contribution in [-0.2, 0) is 29.1 Å². The van der Waals surface area contributed by atoms with Gasteiger partial charge < -0.3 is 14.4 Å². The average molecular weight is 566 g/mol. The summed E-state index contributed by atoms with van der Waals surface area (Å²) >= 11 is 0. The Hall–Kier alpha value is -4.56. The molecule has 3 atom stereocenters. The zero-order chi connectivity index (χ0) is 29.6. The van der Waals surface area contributed by atoms with Crippen molar-refractivity contribution in [1.29, 1.82) is 0 Å². The van der Waals surface area contributed by atoms with Crippen molar-refractivity contribution >= 4 is 28.7 Å². The van der Waals surface area contributed by atoms with Crippen molar-refractivity contribution in [2.45, 2.75) is 44.4 Å². The van der Waals surface area contributed by atoms with Crippen LogP contribution in [0.4, 0.5) is 5.69 Å². The molecule has 3 unspecified atom stereocenters. The fourth-order valence-corrected chi connectivity index (χ4v) is 6.19. The van der Waals surface area contributed by atoms with Gasteiger partial charge in [-0.25, -0.2) is 0 Å². The predicted octanol–water partition coefficient (Wildman–Crippen LogP) is 5.81. The van der Waals surface area contributed by atoms with E-state index in [1.165, 1.54) is 12.1 Å². The summed E-state index contributed by atoms with van der Waals surface area (Å²) in [6, 6.07) is 27.8. The Morgan fingerprint density at radius 2 is 1.67 bits per heavy atom. The zero-order valence-electron chi connectivity index (χ0n) is 23.9. The van der Waals surface area contributed by atoms with Crippen LogP contribution in [0, 0.1) is 16.0 Å². The molecule has 1 aliphatic rings. The van der Waals surface area contributed by atoms with Crippen molar-refractivity contribution in [2.24, 2.45) is 5.92 Å². The Labute approximate surface area is 245 Å². The van der Waals surface area contributed by atoms with Gasteiger partial charge in [0, 0.05) is 38.3 Å². The molecule has 1 saturated heterocycles. The summed E-state index contributed by atoms with van der Waals surface area (Å²) in [6.45, 7) is 0.827. The monoisotopic (exact) mass is 565 g/mol. The fourth-order valence-electron chi connectivity index (χ4n) is 6.19. The molecule has 4 aromatic rings. The number of non-ortho nitro benzene ring substituents is 1. The van der Waals surface area contributed by atoms with Crippen LogP contribution in [-0.4, -0.2) is 53.2 Å². The van der Waals surface area contributed by atoms with E-state index in [0.717, 1.165) is 39.5 Å². The van der Waals surface area contributed by atoms with Gasteiger partial charge in [-0.1, -0.05) is 72.8 Å². The summed E-state index contributed by atoms with van der Waals surface area (Å²) < 4.78 is 5.59. The smallest absolute Gasteiger partial charge is 0.269 e. The fraction of sp³-hybridized carbons (Fsp3) is 0.294. The number of hydrogen-bond donors (Lipinski definition) is 0. The quantitative estimate of drug-likeness (QED) is 0.137. The Morgan fingerprint density at radius 1 is 0.976 bits per heavy atom. The maximum atomic E-state index is 13.9. The second-order valence-corrected chi connectivity index (χ2v) is 10.9. The zero-order valence-corrected chi connectivity index (χ0v) is 23.9. The summed E-state index contributed by atoms with van der Waals surface area (Å²) in [5.74, 6) is 0.211. The third kappa shape index (κ3) is 6.19. The summed E-state index contributed by atoms with van der Waals surface area (Å²) in [4.78, 5) is 41.3. The highest BCUT2D eigenvalue weighted by molar-refractivity contribution is 5.87. The SMILES string of the molecule is COc1ccccc1CC1CCC(C(=O)N(C)Cc2cccc3ccccc23)C(C=O)N1Cc1ccc([N+](=O)[O-])cc1. The molecular formula is C34H35N3O5. The first-order valence-electron chi connectivity index (χ1n) is 14.2. The second-order valence-electron chi connectivity index (χ2n) is 10.9. The molecule has 42 heavy (non-hydrogen) atoms. The molecule has 0 radical (unpaired) electrons. The van der Waals surface area contributed by atoms with Gasteiger partial charge in [-0.2, -0.15) is 0 Å². The highest BCUT2D eigenvalue weighted by Gasteiger charge is 2.42. The Balaban J connectivity index is 1.41. The minimum atomic E-state index is -0.642. The molecule has 216 valence electrons. The van der Waals surface area contributed by atoms with E-state index in [-0.39, 0.29) is 17.6 Å². The van der Waals surface area contributed by atoms with Crippen molar-refractivity contribution in [3.8, 4) is 5.75 Å². The number of methoxy groups -OCH3 is 1. The molecule has 0 bridgehead atoms. The number of benzene rings is 4. The van der Waals surface area contributed by atoms with Gasteiger partial charge in [-0.15, -0.1) is 0 Å². The van der Waals surface area contributed by atoms with E-state index in [1.807, 2.05) is 48.5 Å². The summed E-state index contributed by atoms with van der Waals surface area (Å²) in [7, 11) is 3.44. The number of carbonyl (C=O) groups excluding carboxylic acids is 2. The molecule has 1 fully saturated rings.